The second kappa shape index (κ2) is 4.29. The Morgan fingerprint density at radius 2 is 2.24 bits per heavy atom. The third-order valence-corrected chi connectivity index (χ3v) is 3.49. The maximum Gasteiger partial charge on any atom is 0.193 e. The first-order valence-corrected chi connectivity index (χ1v) is 6.28. The highest BCUT2D eigenvalue weighted by atomic mass is 32.2. The zero-order chi connectivity index (χ0) is 12.6. The van der Waals surface area contributed by atoms with Crippen LogP contribution in [0.5, 0.6) is 0 Å². The van der Waals surface area contributed by atoms with Gasteiger partial charge in [0.15, 0.2) is 16.8 Å². The molecule has 0 N–H and O–H groups in total. The van der Waals surface area contributed by atoms with Crippen molar-refractivity contribution in [2.75, 3.05) is 0 Å². The van der Waals surface area contributed by atoms with Crippen LogP contribution in [0.25, 0.3) is 0 Å². The third kappa shape index (κ3) is 2.43. The van der Waals surface area contributed by atoms with Crippen molar-refractivity contribution < 1.29 is 9.23 Å². The molecule has 0 fully saturated rings. The van der Waals surface area contributed by atoms with Crippen molar-refractivity contribution in [2.24, 2.45) is 12.2 Å². The van der Waals surface area contributed by atoms with E-state index in [2.05, 4.69) is 15.2 Å². The molecule has 0 amide bonds. The number of oxime groups is 1. The fraction of sp³-hybridized carbons (Fsp3) is 0.700. The van der Waals surface area contributed by atoms with Gasteiger partial charge in [0.05, 0.1) is 5.75 Å². The Bertz CT molecular complexity index is 457. The lowest BCUT2D eigenvalue weighted by atomic mass is 10.1. The molecule has 0 aliphatic carbocycles. The summed E-state index contributed by atoms with van der Waals surface area (Å²) in [7, 11) is 1.82. The summed E-state index contributed by atoms with van der Waals surface area (Å²) in [6, 6.07) is 0. The average Bonchev–Trinajstić information content (AvgIpc) is 2.68. The number of aromatic nitrogens is 3. The molecule has 0 aromatic carbocycles. The number of thioether (sulfide) groups is 1. The van der Waals surface area contributed by atoms with E-state index in [9.17, 15) is 4.39 Å². The average molecular weight is 258 g/mol. The maximum absolute atomic E-state index is 13.9. The van der Waals surface area contributed by atoms with Gasteiger partial charge in [-0.1, -0.05) is 16.9 Å². The molecule has 1 aromatic rings. The van der Waals surface area contributed by atoms with E-state index in [-0.39, 0.29) is 0 Å². The van der Waals surface area contributed by atoms with Gasteiger partial charge in [-0.15, -0.1) is 0 Å². The number of alkyl halides is 1. The Morgan fingerprint density at radius 1 is 1.53 bits per heavy atom. The van der Waals surface area contributed by atoms with Crippen molar-refractivity contribution >= 4 is 16.8 Å². The summed E-state index contributed by atoms with van der Waals surface area (Å²) in [6.07, 6.45) is -1.18. The van der Waals surface area contributed by atoms with E-state index in [4.69, 9.17) is 4.84 Å². The SMILES string of the molecule is Cc1nc(CSC2=NOC(C)(C)C2F)n(C)n1. The zero-order valence-corrected chi connectivity index (χ0v) is 11.1. The van der Waals surface area contributed by atoms with Crippen LogP contribution in [-0.4, -0.2) is 31.6 Å². The van der Waals surface area contributed by atoms with Crippen molar-refractivity contribution in [2.45, 2.75) is 38.3 Å². The van der Waals surface area contributed by atoms with Crippen LogP contribution in [0, 0.1) is 6.92 Å². The van der Waals surface area contributed by atoms with Gasteiger partial charge in [0, 0.05) is 7.05 Å². The molecule has 94 valence electrons. The topological polar surface area (TPSA) is 52.3 Å². The van der Waals surface area contributed by atoms with Gasteiger partial charge in [0.25, 0.3) is 0 Å². The Balaban J connectivity index is 1.98. The van der Waals surface area contributed by atoms with E-state index in [1.165, 1.54) is 11.8 Å². The van der Waals surface area contributed by atoms with Crippen molar-refractivity contribution in [3.05, 3.63) is 11.6 Å². The summed E-state index contributed by atoms with van der Waals surface area (Å²) < 4.78 is 15.5. The molecule has 0 bridgehead atoms. The Hall–Kier alpha value is -1.11. The Morgan fingerprint density at radius 3 is 2.71 bits per heavy atom. The largest absolute Gasteiger partial charge is 0.385 e. The molecule has 1 aliphatic heterocycles. The van der Waals surface area contributed by atoms with E-state index < -0.39 is 11.8 Å². The van der Waals surface area contributed by atoms with Crippen molar-refractivity contribution in [1.82, 2.24) is 14.8 Å². The molecule has 5 nitrogen and oxygen atoms in total. The van der Waals surface area contributed by atoms with Crippen molar-refractivity contribution in [1.29, 1.82) is 0 Å². The van der Waals surface area contributed by atoms with Gasteiger partial charge in [0.1, 0.15) is 11.6 Å². The standard InChI is InChI=1S/C10H15FN4OS/c1-6-12-7(15(4)13-6)5-17-9-8(11)10(2,3)16-14-9/h8H,5H2,1-4H3. The van der Waals surface area contributed by atoms with E-state index in [0.29, 0.717) is 16.6 Å². The van der Waals surface area contributed by atoms with Crippen LogP contribution in [-0.2, 0) is 17.6 Å². The van der Waals surface area contributed by atoms with Crippen LogP contribution >= 0.6 is 11.8 Å². The highest BCUT2D eigenvalue weighted by Crippen LogP contribution is 2.31. The first-order valence-electron chi connectivity index (χ1n) is 5.29. The fourth-order valence-corrected chi connectivity index (χ4v) is 2.52. The first kappa shape index (κ1) is 12.3. The van der Waals surface area contributed by atoms with Crippen LogP contribution in [0.15, 0.2) is 5.16 Å². The number of aryl methyl sites for hydroxylation is 2. The van der Waals surface area contributed by atoms with Gasteiger partial charge in [0.2, 0.25) is 0 Å². The van der Waals surface area contributed by atoms with Gasteiger partial charge >= 0.3 is 0 Å². The molecule has 0 spiro atoms. The molecule has 0 radical (unpaired) electrons. The number of hydrogen-bond donors (Lipinski definition) is 0. The van der Waals surface area contributed by atoms with Crippen LogP contribution in [0.4, 0.5) is 4.39 Å². The molecule has 0 saturated carbocycles. The predicted molar refractivity (Wildman–Crippen MR) is 64.5 cm³/mol. The van der Waals surface area contributed by atoms with Gasteiger partial charge < -0.3 is 4.84 Å². The van der Waals surface area contributed by atoms with Gasteiger partial charge in [-0.2, -0.15) is 5.10 Å². The smallest absolute Gasteiger partial charge is 0.193 e. The number of hydrogen-bond acceptors (Lipinski definition) is 5. The number of halogens is 1. The van der Waals surface area contributed by atoms with E-state index >= 15 is 0 Å². The lowest BCUT2D eigenvalue weighted by Gasteiger charge is -2.17. The summed E-state index contributed by atoms with van der Waals surface area (Å²) in [4.78, 5) is 9.28. The Labute approximate surface area is 103 Å². The van der Waals surface area contributed by atoms with E-state index in [1.807, 2.05) is 14.0 Å². The lowest BCUT2D eigenvalue weighted by molar-refractivity contribution is -0.0232. The molecular formula is C10H15FN4OS. The second-order valence-corrected chi connectivity index (χ2v) is 5.47. The molecule has 1 unspecified atom stereocenters. The minimum Gasteiger partial charge on any atom is -0.385 e. The minimum absolute atomic E-state index is 0.371. The quantitative estimate of drug-likeness (QED) is 0.812. The molecule has 7 heteroatoms. The number of nitrogens with zero attached hydrogens (tertiary/aromatic N) is 4. The second-order valence-electron chi connectivity index (χ2n) is 4.47. The summed E-state index contributed by atoms with van der Waals surface area (Å²) >= 11 is 1.30. The van der Waals surface area contributed by atoms with Crippen molar-refractivity contribution in [3.63, 3.8) is 0 Å². The molecule has 0 saturated heterocycles. The van der Waals surface area contributed by atoms with E-state index in [0.717, 1.165) is 5.82 Å². The zero-order valence-electron chi connectivity index (χ0n) is 10.3. The Kier molecular flexibility index (Phi) is 3.11. The van der Waals surface area contributed by atoms with Gasteiger partial charge in [-0.3, -0.25) is 4.68 Å². The summed E-state index contributed by atoms with van der Waals surface area (Å²) in [5.74, 6) is 2.05. The molecule has 1 aromatic heterocycles. The number of rotatable bonds is 2. The molecule has 1 aliphatic rings. The molecule has 1 atom stereocenters. The van der Waals surface area contributed by atoms with E-state index in [1.54, 1.807) is 18.5 Å². The van der Waals surface area contributed by atoms with Crippen LogP contribution < -0.4 is 0 Å². The first-order chi connectivity index (χ1) is 7.90. The highest BCUT2D eigenvalue weighted by Gasteiger charge is 2.42. The molecular weight excluding hydrogens is 243 g/mol. The summed E-state index contributed by atoms with van der Waals surface area (Å²) in [5.41, 5.74) is -0.863. The molecule has 2 rings (SSSR count). The van der Waals surface area contributed by atoms with Crippen LogP contribution in [0.1, 0.15) is 25.5 Å². The molecule has 17 heavy (non-hydrogen) atoms. The van der Waals surface area contributed by atoms with Crippen LogP contribution in [0.3, 0.4) is 0 Å². The summed E-state index contributed by atoms with van der Waals surface area (Å²) in [5, 5.41) is 8.27. The minimum atomic E-state index is -1.18. The lowest BCUT2D eigenvalue weighted by Crippen LogP contribution is -2.33. The predicted octanol–water partition coefficient (Wildman–Crippen LogP) is 1.82. The third-order valence-electron chi connectivity index (χ3n) is 2.51. The molecule has 2 heterocycles. The highest BCUT2D eigenvalue weighted by molar-refractivity contribution is 8.13. The van der Waals surface area contributed by atoms with Gasteiger partial charge in [-0.05, 0) is 20.8 Å². The fourth-order valence-electron chi connectivity index (χ4n) is 1.47. The van der Waals surface area contributed by atoms with Crippen molar-refractivity contribution in [3.8, 4) is 0 Å². The summed E-state index contributed by atoms with van der Waals surface area (Å²) in [6.45, 7) is 5.19. The normalized spacial score (nSPS) is 22.4. The monoisotopic (exact) mass is 258 g/mol. The van der Waals surface area contributed by atoms with Gasteiger partial charge in [-0.25, -0.2) is 9.37 Å². The maximum atomic E-state index is 13.9. The van der Waals surface area contributed by atoms with Crippen LogP contribution in [0.2, 0.25) is 0 Å².